The van der Waals surface area contributed by atoms with Gasteiger partial charge in [-0.2, -0.15) is 4.98 Å². The number of hydrogen-bond acceptors (Lipinski definition) is 8. The molecule has 226 valence electrons. The van der Waals surface area contributed by atoms with Crippen LogP contribution < -0.4 is 16.1 Å². The highest BCUT2D eigenvalue weighted by Crippen LogP contribution is 2.30. The maximum Gasteiger partial charge on any atom is 0.332 e. The van der Waals surface area contributed by atoms with E-state index in [1.165, 1.54) is 21.1 Å². The molecule has 5 heterocycles. The Balaban J connectivity index is 1.32. The normalized spacial score (nSPS) is 17.6. The standard InChI is InChI=1S/C33H30N8O4/c1-4-5-17-39-27-28(37(3)33(45)40(31(27)44)19-26-34-20(2)22-12-8-9-15-25(22)35-26)36-32(39)38-16-10-11-21(18-38)41-29(42)23-13-6-7-14-24(23)30(41)43/h6-9,12-15,21H,10-11,16-19H2,1-3H3/t21-/m1/s1/i1D3. The summed E-state index contributed by atoms with van der Waals surface area (Å²) < 4.78 is 26.5. The second-order valence-electron chi connectivity index (χ2n) is 11.2. The maximum absolute atomic E-state index is 14.2. The number of carbonyl (C=O) groups is 2. The van der Waals surface area contributed by atoms with Crippen LogP contribution in [0, 0.1) is 18.8 Å². The summed E-state index contributed by atoms with van der Waals surface area (Å²) in [7, 11) is 1.50. The number of aryl methyl sites for hydroxylation is 2. The molecule has 1 fully saturated rings. The van der Waals surface area contributed by atoms with Crippen LogP contribution in [-0.4, -0.2) is 64.5 Å². The molecule has 2 aliphatic heterocycles. The molecular weight excluding hydrogens is 572 g/mol. The van der Waals surface area contributed by atoms with Gasteiger partial charge < -0.3 is 4.90 Å². The summed E-state index contributed by atoms with van der Waals surface area (Å²) in [4.78, 5) is 71.4. The van der Waals surface area contributed by atoms with Crippen LogP contribution in [-0.2, 0) is 20.1 Å². The summed E-state index contributed by atoms with van der Waals surface area (Å²) in [5.41, 5.74) is 0.932. The van der Waals surface area contributed by atoms with E-state index in [1.807, 2.05) is 36.1 Å². The first-order chi connectivity index (χ1) is 22.9. The summed E-state index contributed by atoms with van der Waals surface area (Å²) in [6.07, 6.45) is 1.17. The minimum absolute atomic E-state index is 0.0484. The van der Waals surface area contributed by atoms with Crippen LogP contribution in [0.2, 0.25) is 0 Å². The average molecular weight is 606 g/mol. The minimum atomic E-state index is -2.53. The molecule has 12 nitrogen and oxygen atoms in total. The number of carbonyl (C=O) groups excluding carboxylic acids is 2. The molecule has 7 rings (SSSR count). The van der Waals surface area contributed by atoms with Crippen molar-refractivity contribution in [2.75, 3.05) is 18.0 Å². The van der Waals surface area contributed by atoms with Crippen molar-refractivity contribution in [1.82, 2.24) is 33.6 Å². The average Bonchev–Trinajstić information content (AvgIpc) is 3.56. The Labute approximate surface area is 261 Å². The van der Waals surface area contributed by atoms with E-state index in [2.05, 4.69) is 21.8 Å². The van der Waals surface area contributed by atoms with Crippen molar-refractivity contribution in [2.45, 2.75) is 45.7 Å². The number of imide groups is 1. The molecule has 0 bridgehead atoms. The maximum atomic E-state index is 14.2. The quantitative estimate of drug-likeness (QED) is 0.221. The molecule has 0 radical (unpaired) electrons. The van der Waals surface area contributed by atoms with Gasteiger partial charge in [0.15, 0.2) is 11.2 Å². The third kappa shape index (κ3) is 4.50. The predicted molar refractivity (Wildman–Crippen MR) is 168 cm³/mol. The third-order valence-electron chi connectivity index (χ3n) is 8.55. The van der Waals surface area contributed by atoms with Gasteiger partial charge in [-0.3, -0.25) is 33.0 Å². The van der Waals surface area contributed by atoms with Gasteiger partial charge in [0.2, 0.25) is 5.95 Å². The van der Waals surface area contributed by atoms with Crippen LogP contribution in [0.15, 0.2) is 58.1 Å². The van der Waals surface area contributed by atoms with Crippen molar-refractivity contribution in [3.05, 3.63) is 92.0 Å². The van der Waals surface area contributed by atoms with E-state index in [9.17, 15) is 19.2 Å². The molecular formula is C33H30N8O4. The fourth-order valence-corrected chi connectivity index (χ4v) is 6.40. The van der Waals surface area contributed by atoms with Crippen LogP contribution in [0.1, 0.15) is 56.0 Å². The number of nitrogens with zero attached hydrogens (tertiary/aromatic N) is 8. The number of anilines is 1. The highest BCUT2D eigenvalue weighted by molar-refractivity contribution is 6.21. The Morgan fingerprint density at radius 2 is 1.69 bits per heavy atom. The number of fused-ring (bicyclic) bond motifs is 3. The Bertz CT molecular complexity index is 2310. The fraction of sp³-hybridized carbons (Fsp3) is 0.303. The topological polar surface area (TPSA) is 128 Å². The van der Waals surface area contributed by atoms with Crippen LogP contribution in [0.25, 0.3) is 22.1 Å². The van der Waals surface area contributed by atoms with E-state index < -0.39 is 24.1 Å². The number of hydrogen-bond donors (Lipinski definition) is 0. The molecule has 0 N–H and O–H groups in total. The Hall–Kier alpha value is -5.57. The number of aromatic nitrogens is 6. The van der Waals surface area contributed by atoms with E-state index in [0.29, 0.717) is 41.7 Å². The lowest BCUT2D eigenvalue weighted by molar-refractivity contribution is 0.0569. The first-order valence-electron chi connectivity index (χ1n) is 16.1. The van der Waals surface area contributed by atoms with Gasteiger partial charge in [0.25, 0.3) is 17.4 Å². The Morgan fingerprint density at radius 1 is 0.956 bits per heavy atom. The van der Waals surface area contributed by atoms with Crippen molar-refractivity contribution in [1.29, 1.82) is 0 Å². The Morgan fingerprint density at radius 3 is 2.44 bits per heavy atom. The van der Waals surface area contributed by atoms with Gasteiger partial charge in [0.1, 0.15) is 5.82 Å². The van der Waals surface area contributed by atoms with Gasteiger partial charge in [-0.05, 0) is 44.8 Å². The summed E-state index contributed by atoms with van der Waals surface area (Å²) in [5.74, 6) is 4.71. The van der Waals surface area contributed by atoms with E-state index in [4.69, 9.17) is 9.10 Å². The lowest BCUT2D eigenvalue weighted by Gasteiger charge is -2.37. The van der Waals surface area contributed by atoms with E-state index >= 15 is 0 Å². The zero-order valence-corrected chi connectivity index (χ0v) is 24.6. The van der Waals surface area contributed by atoms with Crippen molar-refractivity contribution in [2.24, 2.45) is 7.05 Å². The van der Waals surface area contributed by atoms with Crippen molar-refractivity contribution < 1.29 is 13.7 Å². The molecule has 45 heavy (non-hydrogen) atoms. The molecule has 3 aromatic heterocycles. The summed E-state index contributed by atoms with van der Waals surface area (Å²) >= 11 is 0. The van der Waals surface area contributed by atoms with Crippen LogP contribution >= 0.6 is 0 Å². The summed E-state index contributed by atoms with van der Waals surface area (Å²) in [6, 6.07) is 13.7. The summed E-state index contributed by atoms with van der Waals surface area (Å²) in [5, 5.41) is 0.855. The molecule has 0 saturated carbocycles. The van der Waals surface area contributed by atoms with Crippen LogP contribution in [0.5, 0.6) is 0 Å². The van der Waals surface area contributed by atoms with E-state index in [0.717, 1.165) is 9.95 Å². The number of benzene rings is 2. The molecule has 1 atom stereocenters. The first-order valence-corrected chi connectivity index (χ1v) is 14.6. The number of amides is 2. The number of rotatable bonds is 5. The predicted octanol–water partition coefficient (Wildman–Crippen LogP) is 2.48. The van der Waals surface area contributed by atoms with Gasteiger partial charge >= 0.3 is 5.69 Å². The van der Waals surface area contributed by atoms with Crippen molar-refractivity contribution >= 4 is 39.8 Å². The zero-order valence-electron chi connectivity index (χ0n) is 27.6. The molecule has 0 spiro atoms. The van der Waals surface area contributed by atoms with Gasteiger partial charge in [0.05, 0.1) is 35.8 Å². The fourth-order valence-electron chi connectivity index (χ4n) is 6.40. The van der Waals surface area contributed by atoms with E-state index in [1.54, 1.807) is 24.3 Å². The molecule has 12 heteroatoms. The minimum Gasteiger partial charge on any atom is -0.340 e. The second-order valence-corrected chi connectivity index (χ2v) is 11.2. The molecule has 2 amide bonds. The highest BCUT2D eigenvalue weighted by Gasteiger charge is 2.41. The first kappa shape index (κ1) is 24.8. The van der Waals surface area contributed by atoms with Crippen LogP contribution in [0.4, 0.5) is 5.95 Å². The third-order valence-corrected chi connectivity index (χ3v) is 8.55. The molecule has 2 aliphatic rings. The Kier molecular flexibility index (Phi) is 5.99. The SMILES string of the molecule is [2H]C([2H])([2H])C#CCn1c(N2CCC[C@@H](N3C(=O)c4ccccc4C3=O)C2)nc2c1c(=O)n(Cc1nc(C)c3ccccc3n1)c(=O)n2C. The number of piperidine rings is 1. The summed E-state index contributed by atoms with van der Waals surface area (Å²) in [6.45, 7) is -0.430. The van der Waals surface area contributed by atoms with Crippen molar-refractivity contribution in [3.63, 3.8) is 0 Å². The molecule has 0 aliphatic carbocycles. The van der Waals surface area contributed by atoms with E-state index in [-0.39, 0.29) is 54.4 Å². The monoisotopic (exact) mass is 605 g/mol. The smallest absolute Gasteiger partial charge is 0.332 e. The zero-order chi connectivity index (χ0) is 33.9. The molecule has 0 unspecified atom stereocenters. The number of imidazole rings is 1. The van der Waals surface area contributed by atoms with Crippen molar-refractivity contribution in [3.8, 4) is 11.8 Å². The molecule has 1 saturated heterocycles. The number of para-hydroxylation sites is 1. The second kappa shape index (κ2) is 10.9. The van der Waals surface area contributed by atoms with Gasteiger partial charge in [0, 0.05) is 35.3 Å². The van der Waals surface area contributed by atoms with Gasteiger partial charge in [-0.1, -0.05) is 36.3 Å². The van der Waals surface area contributed by atoms with Gasteiger partial charge in [-0.25, -0.2) is 14.8 Å². The lowest BCUT2D eigenvalue weighted by Crippen LogP contribution is -2.50. The van der Waals surface area contributed by atoms with Crippen LogP contribution in [0.3, 0.4) is 0 Å². The highest BCUT2D eigenvalue weighted by atomic mass is 16.2. The largest absolute Gasteiger partial charge is 0.340 e. The van der Waals surface area contributed by atoms with Gasteiger partial charge in [-0.15, -0.1) is 5.92 Å². The lowest BCUT2D eigenvalue weighted by atomic mass is 10.0. The molecule has 2 aromatic carbocycles. The molecule has 5 aromatic rings.